The molecule has 0 fully saturated rings. The first kappa shape index (κ1) is 13.7. The molecule has 0 saturated carbocycles. The minimum Gasteiger partial charge on any atom is -0.383 e. The Hall–Kier alpha value is -0.390. The summed E-state index contributed by atoms with van der Waals surface area (Å²) in [6, 6.07) is 0.797. The highest BCUT2D eigenvalue weighted by molar-refractivity contribution is 9.10. The first-order valence-corrected chi connectivity index (χ1v) is 6.38. The van der Waals surface area contributed by atoms with Gasteiger partial charge in [0.25, 0.3) is 0 Å². The first-order chi connectivity index (χ1) is 7.65. The molecule has 1 heterocycles. The maximum absolute atomic E-state index is 5.16. The highest BCUT2D eigenvalue weighted by Gasteiger charge is 2.10. The molecule has 16 heavy (non-hydrogen) atoms. The van der Waals surface area contributed by atoms with Crippen LogP contribution < -0.4 is 5.32 Å². The highest BCUT2D eigenvalue weighted by Crippen LogP contribution is 2.06. The van der Waals surface area contributed by atoms with Gasteiger partial charge in [0.1, 0.15) is 0 Å². The van der Waals surface area contributed by atoms with Crippen molar-refractivity contribution in [2.24, 2.45) is 0 Å². The second-order valence-electron chi connectivity index (χ2n) is 4.01. The summed E-state index contributed by atoms with van der Waals surface area (Å²) in [5, 5.41) is 7.76. The van der Waals surface area contributed by atoms with E-state index in [0.29, 0.717) is 12.1 Å². The van der Waals surface area contributed by atoms with Crippen molar-refractivity contribution in [2.45, 2.75) is 38.9 Å². The van der Waals surface area contributed by atoms with Gasteiger partial charge in [-0.25, -0.2) is 0 Å². The molecule has 0 bridgehead atoms. The lowest BCUT2D eigenvalue weighted by atomic mass is 10.2. The number of halogens is 1. The largest absolute Gasteiger partial charge is 0.383 e. The summed E-state index contributed by atoms with van der Waals surface area (Å²) in [4.78, 5) is 0. The Morgan fingerprint density at radius 1 is 1.62 bits per heavy atom. The third kappa shape index (κ3) is 4.63. The van der Waals surface area contributed by atoms with Gasteiger partial charge in [0, 0.05) is 25.4 Å². The average molecular weight is 290 g/mol. The molecular weight excluding hydrogens is 270 g/mol. The molecule has 2 atom stereocenters. The Labute approximate surface area is 105 Å². The molecule has 0 radical (unpaired) electrons. The van der Waals surface area contributed by atoms with Gasteiger partial charge in [0.2, 0.25) is 0 Å². The molecule has 0 spiro atoms. The number of methoxy groups -OCH3 is 1. The van der Waals surface area contributed by atoms with Gasteiger partial charge >= 0.3 is 0 Å². The predicted molar refractivity (Wildman–Crippen MR) is 68.5 cm³/mol. The van der Waals surface area contributed by atoms with Gasteiger partial charge < -0.3 is 10.1 Å². The minimum absolute atomic E-state index is 0.381. The van der Waals surface area contributed by atoms with Crippen LogP contribution in [0.25, 0.3) is 0 Å². The SMILES string of the molecule is CCC(COC)NC(C)Cn1cc(Br)cn1. The Balaban J connectivity index is 2.37. The molecule has 1 N–H and O–H groups in total. The maximum Gasteiger partial charge on any atom is 0.0632 e. The van der Waals surface area contributed by atoms with Crippen LogP contribution in [0.4, 0.5) is 0 Å². The van der Waals surface area contributed by atoms with E-state index in [-0.39, 0.29) is 0 Å². The number of hydrogen-bond acceptors (Lipinski definition) is 3. The van der Waals surface area contributed by atoms with Gasteiger partial charge in [-0.05, 0) is 29.3 Å². The van der Waals surface area contributed by atoms with Crippen LogP contribution in [0.1, 0.15) is 20.3 Å². The van der Waals surface area contributed by atoms with Crippen LogP contribution in [0.15, 0.2) is 16.9 Å². The maximum atomic E-state index is 5.16. The van der Waals surface area contributed by atoms with Crippen molar-refractivity contribution in [1.29, 1.82) is 0 Å². The summed E-state index contributed by atoms with van der Waals surface area (Å²) in [5.41, 5.74) is 0. The Kier molecular flexibility index (Phi) is 6.01. The summed E-state index contributed by atoms with van der Waals surface area (Å²) in [6.45, 7) is 5.94. The number of nitrogens with one attached hydrogen (secondary N) is 1. The summed E-state index contributed by atoms with van der Waals surface area (Å²) in [6.07, 6.45) is 4.86. The molecule has 1 rings (SSSR count). The van der Waals surface area contributed by atoms with Gasteiger partial charge in [-0.3, -0.25) is 4.68 Å². The zero-order valence-corrected chi connectivity index (χ0v) is 11.7. The topological polar surface area (TPSA) is 39.1 Å². The van der Waals surface area contributed by atoms with Crippen molar-refractivity contribution in [3.8, 4) is 0 Å². The van der Waals surface area contributed by atoms with Gasteiger partial charge in [0.05, 0.1) is 23.8 Å². The van der Waals surface area contributed by atoms with Crippen molar-refractivity contribution < 1.29 is 4.74 Å². The van der Waals surface area contributed by atoms with Crippen molar-refractivity contribution in [2.75, 3.05) is 13.7 Å². The van der Waals surface area contributed by atoms with E-state index in [9.17, 15) is 0 Å². The van der Waals surface area contributed by atoms with Gasteiger partial charge in [0.15, 0.2) is 0 Å². The second kappa shape index (κ2) is 7.04. The molecule has 2 unspecified atom stereocenters. The Bertz CT molecular complexity index is 303. The molecule has 0 aliphatic carbocycles. The number of hydrogen-bond donors (Lipinski definition) is 1. The summed E-state index contributed by atoms with van der Waals surface area (Å²) in [5.74, 6) is 0. The lowest BCUT2D eigenvalue weighted by Gasteiger charge is -2.21. The van der Waals surface area contributed by atoms with E-state index in [0.717, 1.165) is 24.0 Å². The summed E-state index contributed by atoms with van der Waals surface area (Å²) in [7, 11) is 1.74. The highest BCUT2D eigenvalue weighted by atomic mass is 79.9. The lowest BCUT2D eigenvalue weighted by Crippen LogP contribution is -2.41. The molecule has 92 valence electrons. The monoisotopic (exact) mass is 289 g/mol. The molecular formula is C11H20BrN3O. The second-order valence-corrected chi connectivity index (χ2v) is 4.92. The lowest BCUT2D eigenvalue weighted by molar-refractivity contribution is 0.157. The van der Waals surface area contributed by atoms with Gasteiger partial charge in [-0.1, -0.05) is 6.92 Å². The van der Waals surface area contributed by atoms with Crippen molar-refractivity contribution in [1.82, 2.24) is 15.1 Å². The summed E-state index contributed by atoms with van der Waals surface area (Å²) >= 11 is 3.39. The molecule has 0 aliphatic heterocycles. The summed E-state index contributed by atoms with van der Waals surface area (Å²) < 4.78 is 8.11. The van der Waals surface area contributed by atoms with Crippen LogP contribution in [0.3, 0.4) is 0 Å². The Morgan fingerprint density at radius 3 is 2.88 bits per heavy atom. The molecule has 0 amide bonds. The van der Waals surface area contributed by atoms with E-state index in [4.69, 9.17) is 4.74 Å². The first-order valence-electron chi connectivity index (χ1n) is 5.58. The molecule has 1 aromatic rings. The Morgan fingerprint density at radius 2 is 2.38 bits per heavy atom. The number of nitrogens with zero attached hydrogens (tertiary/aromatic N) is 2. The van der Waals surface area contributed by atoms with E-state index in [1.54, 1.807) is 13.3 Å². The van der Waals surface area contributed by atoms with E-state index in [1.807, 2.05) is 10.9 Å². The van der Waals surface area contributed by atoms with Crippen LogP contribution in [-0.2, 0) is 11.3 Å². The minimum atomic E-state index is 0.381. The third-order valence-electron chi connectivity index (χ3n) is 2.44. The van der Waals surface area contributed by atoms with Gasteiger partial charge in [-0.2, -0.15) is 5.10 Å². The third-order valence-corrected chi connectivity index (χ3v) is 2.85. The predicted octanol–water partition coefficient (Wildman–Crippen LogP) is 2.05. The van der Waals surface area contributed by atoms with Crippen LogP contribution in [0, 0.1) is 0 Å². The van der Waals surface area contributed by atoms with E-state index < -0.39 is 0 Å². The standard InChI is InChI=1S/C11H20BrN3O/c1-4-11(8-16-3)14-9(2)6-15-7-10(12)5-13-15/h5,7,9,11,14H,4,6,8H2,1-3H3. The fourth-order valence-electron chi connectivity index (χ4n) is 1.66. The van der Waals surface area contributed by atoms with Crippen molar-refractivity contribution in [3.63, 3.8) is 0 Å². The van der Waals surface area contributed by atoms with Crippen LogP contribution in [0.5, 0.6) is 0 Å². The molecule has 0 aromatic carbocycles. The molecule has 0 aliphatic rings. The average Bonchev–Trinajstić information content (AvgIpc) is 2.63. The fourth-order valence-corrected chi connectivity index (χ4v) is 1.99. The van der Waals surface area contributed by atoms with E-state index >= 15 is 0 Å². The van der Waals surface area contributed by atoms with Crippen molar-refractivity contribution >= 4 is 15.9 Å². The number of rotatable bonds is 7. The number of aromatic nitrogens is 2. The number of ether oxygens (including phenoxy) is 1. The molecule has 4 nitrogen and oxygen atoms in total. The van der Waals surface area contributed by atoms with Crippen molar-refractivity contribution in [3.05, 3.63) is 16.9 Å². The zero-order valence-electron chi connectivity index (χ0n) is 10.1. The molecule has 0 saturated heterocycles. The molecule has 1 aromatic heterocycles. The van der Waals surface area contributed by atoms with Gasteiger partial charge in [-0.15, -0.1) is 0 Å². The van der Waals surface area contributed by atoms with E-state index in [2.05, 4.69) is 40.2 Å². The van der Waals surface area contributed by atoms with E-state index in [1.165, 1.54) is 0 Å². The molecule has 5 heteroatoms. The fraction of sp³-hybridized carbons (Fsp3) is 0.727. The zero-order chi connectivity index (χ0) is 12.0. The quantitative estimate of drug-likeness (QED) is 0.835. The van der Waals surface area contributed by atoms with Crippen LogP contribution in [0.2, 0.25) is 0 Å². The van der Waals surface area contributed by atoms with Crippen LogP contribution in [-0.4, -0.2) is 35.6 Å². The smallest absolute Gasteiger partial charge is 0.0632 e. The normalized spacial score (nSPS) is 15.0. The van der Waals surface area contributed by atoms with Crippen LogP contribution >= 0.6 is 15.9 Å².